The fraction of sp³-hybridized carbons (Fsp3) is 0.125. The van der Waals surface area contributed by atoms with E-state index in [4.69, 9.17) is 4.74 Å². The molecule has 2 aromatic rings. The van der Waals surface area contributed by atoms with Crippen LogP contribution in [0.1, 0.15) is 6.92 Å². The lowest BCUT2D eigenvalue weighted by atomic mass is 10.2. The molecule has 0 saturated carbocycles. The Morgan fingerprint density at radius 1 is 1.13 bits per heavy atom. The Balaban J connectivity index is 1.94. The highest BCUT2D eigenvalue weighted by Crippen LogP contribution is 2.20. The van der Waals surface area contributed by atoms with E-state index in [-0.39, 0.29) is 12.3 Å². The first kappa shape index (κ1) is 17.0. The van der Waals surface area contributed by atoms with Crippen LogP contribution in [0, 0.1) is 5.82 Å². The molecule has 0 unspecified atom stereocenters. The number of hydrogen-bond acceptors (Lipinski definition) is 3. The van der Waals surface area contributed by atoms with Crippen LogP contribution in [0.5, 0.6) is 5.75 Å². The molecule has 120 valence electrons. The van der Waals surface area contributed by atoms with E-state index in [9.17, 15) is 14.0 Å². The predicted molar refractivity (Wildman–Crippen MR) is 89.0 cm³/mol. The first-order valence-corrected chi connectivity index (χ1v) is 7.48. The molecule has 0 aromatic heterocycles. The Labute approximate surface area is 141 Å². The summed E-state index contributed by atoms with van der Waals surface area (Å²) >= 11 is 3.30. The third-order valence-corrected chi connectivity index (χ3v) is 3.27. The van der Waals surface area contributed by atoms with Crippen LogP contribution in [0.3, 0.4) is 0 Å². The number of hydrogen-bond donors (Lipinski definition) is 2. The van der Waals surface area contributed by atoms with E-state index < -0.39 is 17.6 Å². The van der Waals surface area contributed by atoms with Gasteiger partial charge in [0.05, 0.1) is 5.69 Å². The first-order valence-electron chi connectivity index (χ1n) is 6.69. The fourth-order valence-corrected chi connectivity index (χ4v) is 2.03. The van der Waals surface area contributed by atoms with Crippen LogP contribution < -0.4 is 15.4 Å². The molecule has 0 saturated heterocycles. The molecule has 2 rings (SSSR count). The summed E-state index contributed by atoms with van der Waals surface area (Å²) in [6.07, 6.45) is 0. The Morgan fingerprint density at radius 2 is 1.83 bits per heavy atom. The lowest BCUT2D eigenvalue weighted by Gasteiger charge is -2.10. The molecule has 23 heavy (non-hydrogen) atoms. The van der Waals surface area contributed by atoms with Crippen molar-refractivity contribution in [1.29, 1.82) is 0 Å². The Morgan fingerprint density at radius 3 is 2.48 bits per heavy atom. The van der Waals surface area contributed by atoms with Crippen molar-refractivity contribution < 1.29 is 18.7 Å². The maximum atomic E-state index is 13.5. The average molecular weight is 381 g/mol. The quantitative estimate of drug-likeness (QED) is 0.832. The minimum atomic E-state index is -0.579. The molecule has 7 heteroatoms. The minimum absolute atomic E-state index is 0.00382. The lowest BCUT2D eigenvalue weighted by Crippen LogP contribution is -2.20. The molecule has 0 radical (unpaired) electrons. The smallest absolute Gasteiger partial charge is 0.262 e. The number of nitrogens with one attached hydrogen (secondary N) is 2. The zero-order valence-electron chi connectivity index (χ0n) is 12.2. The van der Waals surface area contributed by atoms with Gasteiger partial charge < -0.3 is 15.4 Å². The molecule has 0 atom stereocenters. The van der Waals surface area contributed by atoms with Crippen LogP contribution >= 0.6 is 15.9 Å². The second-order valence-corrected chi connectivity index (χ2v) is 5.58. The highest BCUT2D eigenvalue weighted by molar-refractivity contribution is 9.10. The second-order valence-electron chi connectivity index (χ2n) is 4.67. The summed E-state index contributed by atoms with van der Waals surface area (Å²) in [6.45, 7) is 1.09. The molecular weight excluding hydrogens is 367 g/mol. The van der Waals surface area contributed by atoms with E-state index in [2.05, 4.69) is 26.6 Å². The summed E-state index contributed by atoms with van der Waals surface area (Å²) in [5.74, 6) is -0.815. The molecule has 2 amide bonds. The topological polar surface area (TPSA) is 67.4 Å². The van der Waals surface area contributed by atoms with Crippen LogP contribution in [0.2, 0.25) is 0 Å². The molecule has 0 aliphatic rings. The largest absolute Gasteiger partial charge is 0.484 e. The number of anilines is 2. The van der Waals surface area contributed by atoms with E-state index in [0.717, 1.165) is 10.5 Å². The van der Waals surface area contributed by atoms with Gasteiger partial charge >= 0.3 is 0 Å². The maximum Gasteiger partial charge on any atom is 0.262 e. The lowest BCUT2D eigenvalue weighted by molar-refractivity contribution is -0.118. The highest BCUT2D eigenvalue weighted by Gasteiger charge is 2.08. The average Bonchev–Trinajstić information content (AvgIpc) is 2.49. The summed E-state index contributed by atoms with van der Waals surface area (Å²) in [7, 11) is 0. The number of halogens is 2. The molecule has 0 spiro atoms. The molecule has 0 fully saturated rings. The van der Waals surface area contributed by atoms with Gasteiger partial charge in [0.2, 0.25) is 5.91 Å². The first-order chi connectivity index (χ1) is 10.9. The van der Waals surface area contributed by atoms with Crippen molar-refractivity contribution >= 4 is 39.1 Å². The van der Waals surface area contributed by atoms with Crippen molar-refractivity contribution in [3.8, 4) is 5.75 Å². The molecule has 0 heterocycles. The van der Waals surface area contributed by atoms with Crippen molar-refractivity contribution in [2.45, 2.75) is 6.92 Å². The van der Waals surface area contributed by atoms with Crippen molar-refractivity contribution in [2.75, 3.05) is 17.2 Å². The van der Waals surface area contributed by atoms with Gasteiger partial charge in [-0.3, -0.25) is 9.59 Å². The Kier molecular flexibility index (Phi) is 5.70. The molecular formula is C16H14BrFN2O3. The maximum absolute atomic E-state index is 13.5. The van der Waals surface area contributed by atoms with Gasteiger partial charge in [0, 0.05) is 17.1 Å². The third kappa shape index (κ3) is 5.37. The van der Waals surface area contributed by atoms with Gasteiger partial charge in [0.1, 0.15) is 11.6 Å². The van der Waals surface area contributed by atoms with Gasteiger partial charge in [-0.25, -0.2) is 4.39 Å². The number of benzene rings is 2. The summed E-state index contributed by atoms with van der Waals surface area (Å²) < 4.78 is 19.8. The summed E-state index contributed by atoms with van der Waals surface area (Å²) in [5, 5.41) is 4.92. The Hall–Kier alpha value is -2.41. The van der Waals surface area contributed by atoms with Gasteiger partial charge in [0.15, 0.2) is 6.61 Å². The van der Waals surface area contributed by atoms with Gasteiger partial charge in [-0.1, -0.05) is 15.9 Å². The van der Waals surface area contributed by atoms with Gasteiger partial charge in [-0.15, -0.1) is 0 Å². The number of carbonyl (C=O) groups excluding carboxylic acids is 2. The zero-order valence-corrected chi connectivity index (χ0v) is 13.8. The van der Waals surface area contributed by atoms with Crippen LogP contribution in [0.4, 0.5) is 15.8 Å². The third-order valence-electron chi connectivity index (χ3n) is 2.74. The fourth-order valence-electron chi connectivity index (χ4n) is 1.77. The molecule has 2 N–H and O–H groups in total. The van der Waals surface area contributed by atoms with Crippen LogP contribution in [0.25, 0.3) is 0 Å². The number of rotatable bonds is 5. The molecule has 0 aliphatic heterocycles. The monoisotopic (exact) mass is 380 g/mol. The Bertz CT molecular complexity index is 720. The summed E-state index contributed by atoms with van der Waals surface area (Å²) in [6, 6.07) is 11.0. The van der Waals surface area contributed by atoms with Gasteiger partial charge in [-0.2, -0.15) is 0 Å². The SMILES string of the molecule is CC(=O)Nc1cc(NC(=O)COc2ccc(Br)cc2)ccc1F. The summed E-state index contributed by atoms with van der Waals surface area (Å²) in [4.78, 5) is 22.8. The van der Waals surface area contributed by atoms with Crippen molar-refractivity contribution in [1.82, 2.24) is 0 Å². The molecule has 5 nitrogen and oxygen atoms in total. The van der Waals surface area contributed by atoms with Crippen molar-refractivity contribution in [2.24, 2.45) is 0 Å². The van der Waals surface area contributed by atoms with Crippen LogP contribution in [0.15, 0.2) is 46.9 Å². The molecule has 0 bridgehead atoms. The van der Waals surface area contributed by atoms with E-state index >= 15 is 0 Å². The van der Waals surface area contributed by atoms with E-state index in [1.807, 2.05) is 0 Å². The normalized spacial score (nSPS) is 10.0. The number of carbonyl (C=O) groups is 2. The van der Waals surface area contributed by atoms with Crippen molar-refractivity contribution in [3.05, 3.63) is 52.8 Å². The molecule has 2 aromatic carbocycles. The van der Waals surface area contributed by atoms with Gasteiger partial charge in [0.25, 0.3) is 5.91 Å². The number of amides is 2. The van der Waals surface area contributed by atoms with E-state index in [1.54, 1.807) is 24.3 Å². The van der Waals surface area contributed by atoms with Crippen molar-refractivity contribution in [3.63, 3.8) is 0 Å². The minimum Gasteiger partial charge on any atom is -0.484 e. The van der Waals surface area contributed by atoms with Gasteiger partial charge in [-0.05, 0) is 42.5 Å². The van der Waals surface area contributed by atoms with E-state index in [1.165, 1.54) is 19.1 Å². The molecule has 0 aliphatic carbocycles. The summed E-state index contributed by atoms with van der Waals surface area (Å²) in [5.41, 5.74) is 0.365. The number of ether oxygens (including phenoxy) is 1. The van der Waals surface area contributed by atoms with Crippen LogP contribution in [-0.2, 0) is 9.59 Å². The zero-order chi connectivity index (χ0) is 16.8. The second kappa shape index (κ2) is 7.73. The van der Waals surface area contributed by atoms with E-state index in [0.29, 0.717) is 11.4 Å². The standard InChI is InChI=1S/C16H14BrFN2O3/c1-10(21)19-15-8-12(4-7-14(15)18)20-16(22)9-23-13-5-2-11(17)3-6-13/h2-8H,9H2,1H3,(H,19,21)(H,20,22). The van der Waals surface area contributed by atoms with Crippen LogP contribution in [-0.4, -0.2) is 18.4 Å². The predicted octanol–water partition coefficient (Wildman–Crippen LogP) is 3.56. The highest BCUT2D eigenvalue weighted by atomic mass is 79.9.